The van der Waals surface area contributed by atoms with Gasteiger partial charge in [-0.05, 0) is 61.7 Å². The minimum Gasteiger partial charge on any atom is -0.342 e. The topological polar surface area (TPSA) is 68.8 Å². The average Bonchev–Trinajstić information content (AvgIpc) is 3.51. The summed E-state index contributed by atoms with van der Waals surface area (Å²) in [6.07, 6.45) is 2.25. The summed E-state index contributed by atoms with van der Waals surface area (Å²) in [4.78, 5) is 36.0. The SMILES string of the molecule is Cc1ccc2nc(-c3ccc(NC(=O)CN4CCN(CC(=O)N5CCCC5)CC4)cc3)sc2c1. The number of nitrogens with one attached hydrogen (secondary N) is 1. The van der Waals surface area contributed by atoms with E-state index in [0.717, 1.165) is 73.9 Å². The van der Waals surface area contributed by atoms with Gasteiger partial charge in [-0.1, -0.05) is 6.07 Å². The first-order valence-corrected chi connectivity index (χ1v) is 12.9. The van der Waals surface area contributed by atoms with Gasteiger partial charge >= 0.3 is 0 Å². The fourth-order valence-electron chi connectivity index (χ4n) is 4.62. The standard InChI is InChI=1S/C26H31N5O2S/c1-19-4-9-22-23(16-19)34-26(28-22)20-5-7-21(8-6-20)27-24(32)17-29-12-14-30(15-13-29)18-25(33)31-10-2-3-11-31/h4-9,16H,2-3,10-15,17-18H2,1H3,(H,27,32). The van der Waals surface area contributed by atoms with Crippen LogP contribution in [0.1, 0.15) is 18.4 Å². The number of aryl methyl sites for hydroxylation is 1. The maximum Gasteiger partial charge on any atom is 0.238 e. The van der Waals surface area contributed by atoms with E-state index in [1.54, 1.807) is 11.3 Å². The maximum atomic E-state index is 12.6. The molecule has 5 rings (SSSR count). The lowest BCUT2D eigenvalue weighted by Gasteiger charge is -2.34. The van der Waals surface area contributed by atoms with Gasteiger partial charge in [-0.2, -0.15) is 0 Å². The normalized spacial score (nSPS) is 17.4. The van der Waals surface area contributed by atoms with Crippen LogP contribution in [0.5, 0.6) is 0 Å². The van der Waals surface area contributed by atoms with E-state index in [9.17, 15) is 9.59 Å². The predicted octanol–water partition coefficient (Wildman–Crippen LogP) is 3.45. The zero-order valence-electron chi connectivity index (χ0n) is 19.6. The number of likely N-dealkylation sites (tertiary alicyclic amines) is 1. The van der Waals surface area contributed by atoms with E-state index in [-0.39, 0.29) is 11.8 Å². The van der Waals surface area contributed by atoms with Gasteiger partial charge in [0.15, 0.2) is 0 Å². The Labute approximate surface area is 204 Å². The number of piperazine rings is 1. The molecule has 1 aromatic heterocycles. The molecular formula is C26H31N5O2S. The Morgan fingerprint density at radius 3 is 2.29 bits per heavy atom. The van der Waals surface area contributed by atoms with E-state index < -0.39 is 0 Å². The number of aromatic nitrogens is 1. The Hall–Kier alpha value is -2.81. The highest BCUT2D eigenvalue weighted by Gasteiger charge is 2.24. The number of nitrogens with zero attached hydrogens (tertiary/aromatic N) is 4. The molecule has 2 amide bonds. The third-order valence-corrected chi connectivity index (χ3v) is 7.68. The summed E-state index contributed by atoms with van der Waals surface area (Å²) < 4.78 is 1.19. The molecule has 1 N–H and O–H groups in total. The molecule has 0 aliphatic carbocycles. The van der Waals surface area contributed by atoms with Crippen molar-refractivity contribution < 1.29 is 9.59 Å². The smallest absolute Gasteiger partial charge is 0.238 e. The lowest BCUT2D eigenvalue weighted by molar-refractivity contribution is -0.132. The van der Waals surface area contributed by atoms with Crippen molar-refractivity contribution in [2.75, 3.05) is 57.7 Å². The fourth-order valence-corrected chi connectivity index (χ4v) is 5.69. The highest BCUT2D eigenvalue weighted by Crippen LogP contribution is 2.31. The molecule has 7 nitrogen and oxygen atoms in total. The second-order valence-corrected chi connectivity index (χ2v) is 10.3. The second kappa shape index (κ2) is 10.2. The summed E-state index contributed by atoms with van der Waals surface area (Å²) in [6.45, 7) is 8.01. The first kappa shape index (κ1) is 23.0. The van der Waals surface area contributed by atoms with Crippen LogP contribution in [-0.2, 0) is 9.59 Å². The van der Waals surface area contributed by atoms with Crippen molar-refractivity contribution in [3.63, 3.8) is 0 Å². The van der Waals surface area contributed by atoms with Gasteiger partial charge < -0.3 is 10.2 Å². The van der Waals surface area contributed by atoms with Crippen LogP contribution in [0, 0.1) is 6.92 Å². The largest absolute Gasteiger partial charge is 0.342 e. The number of rotatable bonds is 6. The van der Waals surface area contributed by atoms with Gasteiger partial charge in [-0.25, -0.2) is 4.98 Å². The molecule has 0 bridgehead atoms. The van der Waals surface area contributed by atoms with Crippen molar-refractivity contribution in [1.82, 2.24) is 19.7 Å². The zero-order chi connectivity index (χ0) is 23.5. The van der Waals surface area contributed by atoms with Crippen molar-refractivity contribution in [2.24, 2.45) is 0 Å². The van der Waals surface area contributed by atoms with Gasteiger partial charge in [0.2, 0.25) is 11.8 Å². The average molecular weight is 478 g/mol. The number of thiazole rings is 1. The Bertz CT molecular complexity index is 1160. The molecule has 0 atom stereocenters. The molecule has 2 aliphatic rings. The molecule has 2 aromatic carbocycles. The number of hydrogen-bond acceptors (Lipinski definition) is 6. The summed E-state index contributed by atoms with van der Waals surface area (Å²) in [6, 6.07) is 14.2. The van der Waals surface area contributed by atoms with E-state index in [2.05, 4.69) is 40.2 Å². The van der Waals surface area contributed by atoms with Crippen LogP contribution in [0.3, 0.4) is 0 Å². The Kier molecular flexibility index (Phi) is 6.89. The first-order chi connectivity index (χ1) is 16.5. The van der Waals surface area contributed by atoms with E-state index in [0.29, 0.717) is 13.1 Å². The summed E-state index contributed by atoms with van der Waals surface area (Å²) in [5.41, 5.74) is 4.10. The van der Waals surface area contributed by atoms with E-state index in [1.165, 1.54) is 10.3 Å². The summed E-state index contributed by atoms with van der Waals surface area (Å²) in [5.74, 6) is 0.234. The molecule has 8 heteroatoms. The van der Waals surface area contributed by atoms with Gasteiger partial charge in [-0.3, -0.25) is 19.4 Å². The van der Waals surface area contributed by atoms with Gasteiger partial charge in [0, 0.05) is 50.5 Å². The van der Waals surface area contributed by atoms with Crippen LogP contribution >= 0.6 is 11.3 Å². The number of fused-ring (bicyclic) bond motifs is 1. The second-order valence-electron chi connectivity index (χ2n) is 9.26. The summed E-state index contributed by atoms with van der Waals surface area (Å²) in [7, 11) is 0. The highest BCUT2D eigenvalue weighted by atomic mass is 32.1. The molecule has 3 aromatic rings. The molecule has 2 fully saturated rings. The molecule has 178 valence electrons. The molecule has 2 saturated heterocycles. The highest BCUT2D eigenvalue weighted by molar-refractivity contribution is 7.21. The molecule has 2 aliphatic heterocycles. The van der Waals surface area contributed by atoms with Gasteiger partial charge in [0.05, 0.1) is 23.3 Å². The first-order valence-electron chi connectivity index (χ1n) is 12.0. The van der Waals surface area contributed by atoms with E-state index in [1.807, 2.05) is 29.2 Å². The van der Waals surface area contributed by atoms with Gasteiger partial charge in [0.1, 0.15) is 5.01 Å². The number of carbonyl (C=O) groups excluding carboxylic acids is 2. The number of benzene rings is 2. The van der Waals surface area contributed by atoms with Gasteiger partial charge in [-0.15, -0.1) is 11.3 Å². The predicted molar refractivity (Wildman–Crippen MR) is 137 cm³/mol. The Morgan fingerprint density at radius 1 is 0.912 bits per heavy atom. The third kappa shape index (κ3) is 5.46. The van der Waals surface area contributed by atoms with Crippen LogP contribution < -0.4 is 5.32 Å². The zero-order valence-corrected chi connectivity index (χ0v) is 20.4. The minimum atomic E-state index is -0.00944. The molecular weight excluding hydrogens is 446 g/mol. The monoisotopic (exact) mass is 477 g/mol. The van der Waals surface area contributed by atoms with Crippen molar-refractivity contribution in [3.05, 3.63) is 48.0 Å². The Balaban J connectivity index is 1.09. The molecule has 0 saturated carbocycles. The van der Waals surface area contributed by atoms with Crippen LogP contribution in [-0.4, -0.2) is 83.9 Å². The van der Waals surface area contributed by atoms with Crippen molar-refractivity contribution in [2.45, 2.75) is 19.8 Å². The van der Waals surface area contributed by atoms with Crippen molar-refractivity contribution in [1.29, 1.82) is 0 Å². The van der Waals surface area contributed by atoms with E-state index >= 15 is 0 Å². The number of carbonyl (C=O) groups is 2. The minimum absolute atomic E-state index is 0.00944. The molecule has 34 heavy (non-hydrogen) atoms. The maximum absolute atomic E-state index is 12.6. The quantitative estimate of drug-likeness (QED) is 0.589. The molecule has 0 spiro atoms. The summed E-state index contributed by atoms with van der Waals surface area (Å²) >= 11 is 1.69. The van der Waals surface area contributed by atoms with Gasteiger partial charge in [0.25, 0.3) is 0 Å². The molecule has 3 heterocycles. The Morgan fingerprint density at radius 2 is 1.59 bits per heavy atom. The molecule has 0 unspecified atom stereocenters. The van der Waals surface area contributed by atoms with Crippen molar-refractivity contribution >= 4 is 39.1 Å². The number of anilines is 1. The molecule has 0 radical (unpaired) electrons. The van der Waals surface area contributed by atoms with Crippen LogP contribution in [0.4, 0.5) is 5.69 Å². The third-order valence-electron chi connectivity index (χ3n) is 6.61. The van der Waals surface area contributed by atoms with Crippen LogP contribution in [0.2, 0.25) is 0 Å². The van der Waals surface area contributed by atoms with Crippen molar-refractivity contribution in [3.8, 4) is 10.6 Å². The number of hydrogen-bond donors (Lipinski definition) is 1. The fraction of sp³-hybridized carbons (Fsp3) is 0.423. The van der Waals surface area contributed by atoms with Crippen LogP contribution in [0.15, 0.2) is 42.5 Å². The van der Waals surface area contributed by atoms with E-state index in [4.69, 9.17) is 4.98 Å². The summed E-state index contributed by atoms with van der Waals surface area (Å²) in [5, 5.41) is 4.00. The number of amides is 2. The lowest BCUT2D eigenvalue weighted by Crippen LogP contribution is -2.51. The lowest BCUT2D eigenvalue weighted by atomic mass is 10.2. The van der Waals surface area contributed by atoms with Crippen LogP contribution in [0.25, 0.3) is 20.8 Å².